The Morgan fingerprint density at radius 2 is 1.65 bits per heavy atom. The van der Waals surface area contributed by atoms with Crippen LogP contribution in [-0.2, 0) is 6.54 Å². The van der Waals surface area contributed by atoms with Crippen LogP contribution in [0.3, 0.4) is 0 Å². The Hall–Kier alpha value is -3.70. The molecule has 6 heteroatoms. The van der Waals surface area contributed by atoms with Gasteiger partial charge in [0.25, 0.3) is 5.56 Å². The van der Waals surface area contributed by atoms with Gasteiger partial charge in [0.05, 0.1) is 23.5 Å². The van der Waals surface area contributed by atoms with Crippen LogP contribution in [0.25, 0.3) is 22.3 Å². The van der Waals surface area contributed by atoms with Crippen molar-refractivity contribution in [3.05, 3.63) is 118 Å². The van der Waals surface area contributed by atoms with E-state index in [-0.39, 0.29) is 17.5 Å². The highest BCUT2D eigenvalue weighted by Gasteiger charge is 2.27. The van der Waals surface area contributed by atoms with Crippen molar-refractivity contribution >= 4 is 22.5 Å². The number of imidazole rings is 1. The molecule has 0 bridgehead atoms. The van der Waals surface area contributed by atoms with Crippen LogP contribution in [0.2, 0.25) is 5.02 Å². The van der Waals surface area contributed by atoms with Gasteiger partial charge in [-0.05, 0) is 29.7 Å². The molecule has 0 saturated heterocycles. The predicted octanol–water partition coefficient (Wildman–Crippen LogP) is 6.21. The molecular weight excluding hydrogens is 444 g/mol. The van der Waals surface area contributed by atoms with Crippen LogP contribution in [0.1, 0.15) is 31.3 Å². The zero-order chi connectivity index (χ0) is 23.7. The summed E-state index contributed by atoms with van der Waals surface area (Å²) in [5.41, 5.74) is 2.58. The van der Waals surface area contributed by atoms with Crippen LogP contribution >= 0.6 is 11.6 Å². The van der Waals surface area contributed by atoms with Crippen molar-refractivity contribution in [1.82, 2.24) is 19.1 Å². The van der Waals surface area contributed by atoms with Gasteiger partial charge in [0.2, 0.25) is 0 Å². The van der Waals surface area contributed by atoms with Gasteiger partial charge in [0, 0.05) is 23.0 Å². The third kappa shape index (κ3) is 4.15. The van der Waals surface area contributed by atoms with E-state index in [2.05, 4.69) is 23.4 Å². The molecule has 170 valence electrons. The number of rotatable bonds is 6. The van der Waals surface area contributed by atoms with Gasteiger partial charge in [-0.25, -0.2) is 9.97 Å². The molecule has 5 rings (SSSR count). The van der Waals surface area contributed by atoms with Crippen molar-refractivity contribution in [2.24, 2.45) is 5.92 Å². The maximum Gasteiger partial charge on any atom is 0.261 e. The highest BCUT2D eigenvalue weighted by Crippen LogP contribution is 2.31. The number of hydrogen-bond acceptors (Lipinski definition) is 3. The van der Waals surface area contributed by atoms with E-state index in [0.717, 1.165) is 17.0 Å². The summed E-state index contributed by atoms with van der Waals surface area (Å²) in [6.07, 6.45) is 3.77. The second kappa shape index (κ2) is 9.27. The van der Waals surface area contributed by atoms with Crippen LogP contribution in [-0.4, -0.2) is 19.1 Å². The van der Waals surface area contributed by atoms with Gasteiger partial charge in [-0.2, -0.15) is 0 Å². The highest BCUT2D eigenvalue weighted by molar-refractivity contribution is 6.31. The van der Waals surface area contributed by atoms with Crippen LogP contribution < -0.4 is 5.56 Å². The van der Waals surface area contributed by atoms with E-state index in [0.29, 0.717) is 28.3 Å². The Morgan fingerprint density at radius 3 is 2.35 bits per heavy atom. The molecule has 0 aliphatic rings. The first-order chi connectivity index (χ1) is 16.5. The van der Waals surface area contributed by atoms with Gasteiger partial charge in [0.1, 0.15) is 11.6 Å². The molecule has 1 unspecified atom stereocenters. The topological polar surface area (TPSA) is 52.7 Å². The summed E-state index contributed by atoms with van der Waals surface area (Å²) in [4.78, 5) is 23.5. The zero-order valence-electron chi connectivity index (χ0n) is 19.1. The van der Waals surface area contributed by atoms with E-state index in [1.54, 1.807) is 29.0 Å². The fourth-order valence-electron chi connectivity index (χ4n) is 4.45. The van der Waals surface area contributed by atoms with Crippen molar-refractivity contribution in [3.8, 4) is 11.4 Å². The molecule has 1 atom stereocenters. The molecule has 0 spiro atoms. The largest absolute Gasteiger partial charge is 0.320 e. The molecule has 0 aliphatic heterocycles. The van der Waals surface area contributed by atoms with Crippen LogP contribution in [0.4, 0.5) is 0 Å². The maximum absolute atomic E-state index is 13.8. The van der Waals surface area contributed by atoms with Crippen LogP contribution in [0.15, 0.2) is 96.1 Å². The van der Waals surface area contributed by atoms with Gasteiger partial charge in [-0.3, -0.25) is 9.36 Å². The van der Waals surface area contributed by atoms with Crippen molar-refractivity contribution in [2.45, 2.75) is 26.4 Å². The lowest BCUT2D eigenvalue weighted by Gasteiger charge is -2.27. The summed E-state index contributed by atoms with van der Waals surface area (Å²) in [6.45, 7) is 4.71. The first kappa shape index (κ1) is 22.1. The Bertz CT molecular complexity index is 1490. The van der Waals surface area contributed by atoms with Crippen LogP contribution in [0.5, 0.6) is 0 Å². The summed E-state index contributed by atoms with van der Waals surface area (Å²) in [5.74, 6) is 1.67. The quantitative estimate of drug-likeness (QED) is 0.298. The molecule has 2 aromatic heterocycles. The molecule has 0 radical (unpaired) electrons. The lowest BCUT2D eigenvalue weighted by atomic mass is 10.0. The molecule has 0 aliphatic carbocycles. The fourth-order valence-corrected chi connectivity index (χ4v) is 4.61. The number of aromatic nitrogens is 4. The average molecular weight is 469 g/mol. The second-order valence-electron chi connectivity index (χ2n) is 8.72. The smallest absolute Gasteiger partial charge is 0.261 e. The second-order valence-corrected chi connectivity index (χ2v) is 9.16. The van der Waals surface area contributed by atoms with Gasteiger partial charge >= 0.3 is 0 Å². The molecule has 0 N–H and O–H groups in total. The lowest BCUT2D eigenvalue weighted by Crippen LogP contribution is -2.31. The van der Waals surface area contributed by atoms with Gasteiger partial charge in [-0.1, -0.05) is 86.1 Å². The van der Waals surface area contributed by atoms with E-state index in [4.69, 9.17) is 16.6 Å². The molecule has 5 nitrogen and oxygen atoms in total. The lowest BCUT2D eigenvalue weighted by molar-refractivity contribution is 0.401. The minimum absolute atomic E-state index is 0.0763. The van der Waals surface area contributed by atoms with Gasteiger partial charge < -0.3 is 4.57 Å². The number of benzene rings is 3. The molecule has 2 heterocycles. The van der Waals surface area contributed by atoms with Crippen molar-refractivity contribution < 1.29 is 0 Å². The van der Waals surface area contributed by atoms with Crippen LogP contribution in [0, 0.1) is 5.92 Å². The molecule has 3 aromatic carbocycles. The zero-order valence-corrected chi connectivity index (χ0v) is 19.9. The van der Waals surface area contributed by atoms with E-state index in [1.165, 1.54) is 0 Å². The maximum atomic E-state index is 13.8. The van der Waals surface area contributed by atoms with E-state index in [9.17, 15) is 4.79 Å². The van der Waals surface area contributed by atoms with Gasteiger partial charge in [-0.15, -0.1) is 0 Å². The number of nitrogens with zero attached hydrogens (tertiary/aromatic N) is 4. The van der Waals surface area contributed by atoms with E-state index >= 15 is 0 Å². The van der Waals surface area contributed by atoms with Crippen molar-refractivity contribution in [3.63, 3.8) is 0 Å². The molecule has 34 heavy (non-hydrogen) atoms. The number of hydrogen-bond donors (Lipinski definition) is 0. The Balaban J connectivity index is 1.76. The molecular formula is C28H25ClN4O. The molecule has 0 saturated carbocycles. The standard InChI is InChI=1S/C28H25ClN4O/c1-19(2)25(32-16-15-30-26(32)21-11-7-4-8-12-21)27-31-24-17-22(29)13-14-23(24)28(34)33(27)18-20-9-5-3-6-10-20/h3-17,19,25H,18H2,1-2H3. The highest BCUT2D eigenvalue weighted by atomic mass is 35.5. The monoisotopic (exact) mass is 468 g/mol. The summed E-state index contributed by atoms with van der Waals surface area (Å²) in [6, 6.07) is 25.1. The van der Waals surface area contributed by atoms with Crippen molar-refractivity contribution in [2.75, 3.05) is 0 Å². The van der Waals surface area contributed by atoms with E-state index < -0.39 is 0 Å². The number of fused-ring (bicyclic) bond motifs is 1. The van der Waals surface area contributed by atoms with Crippen molar-refractivity contribution in [1.29, 1.82) is 0 Å². The first-order valence-corrected chi connectivity index (χ1v) is 11.7. The minimum Gasteiger partial charge on any atom is -0.320 e. The molecule has 0 fully saturated rings. The number of halogens is 1. The summed E-state index contributed by atoms with van der Waals surface area (Å²) in [7, 11) is 0. The first-order valence-electron chi connectivity index (χ1n) is 11.3. The Kier molecular flexibility index (Phi) is 6.03. The predicted molar refractivity (Wildman–Crippen MR) is 137 cm³/mol. The van der Waals surface area contributed by atoms with E-state index in [1.807, 2.05) is 66.9 Å². The normalized spacial score (nSPS) is 12.4. The molecule has 5 aromatic rings. The SMILES string of the molecule is CC(C)C(c1nc2cc(Cl)ccc2c(=O)n1Cc1ccccc1)n1ccnc1-c1ccccc1. The molecule has 0 amide bonds. The Labute approximate surface area is 203 Å². The third-order valence-corrected chi connectivity index (χ3v) is 6.26. The third-order valence-electron chi connectivity index (χ3n) is 6.03. The summed E-state index contributed by atoms with van der Waals surface area (Å²) < 4.78 is 3.92. The summed E-state index contributed by atoms with van der Waals surface area (Å²) >= 11 is 6.28. The minimum atomic E-state index is -0.211. The average Bonchev–Trinajstić information content (AvgIpc) is 3.32. The summed E-state index contributed by atoms with van der Waals surface area (Å²) in [5, 5.41) is 1.11. The van der Waals surface area contributed by atoms with Gasteiger partial charge in [0.15, 0.2) is 0 Å². The fraction of sp³-hybridized carbons (Fsp3) is 0.179. The Morgan fingerprint density at radius 1 is 0.941 bits per heavy atom.